The van der Waals surface area contributed by atoms with Crippen LogP contribution in [0.5, 0.6) is 0 Å². The largest absolute Gasteiger partial charge is 0.478 e. The Morgan fingerprint density at radius 2 is 2.41 bits per heavy atom. The molecule has 1 aromatic rings. The summed E-state index contributed by atoms with van der Waals surface area (Å²) in [7, 11) is 0. The van der Waals surface area contributed by atoms with Crippen LogP contribution >= 0.6 is 15.9 Å². The van der Waals surface area contributed by atoms with Gasteiger partial charge >= 0.3 is 5.97 Å². The second-order valence-corrected chi connectivity index (χ2v) is 5.09. The van der Waals surface area contributed by atoms with E-state index in [0.717, 1.165) is 19.4 Å². The van der Waals surface area contributed by atoms with Crippen LogP contribution in [0.2, 0.25) is 0 Å². The third-order valence-electron chi connectivity index (χ3n) is 2.82. The Balaban J connectivity index is 2.33. The average molecular weight is 300 g/mol. The molecule has 0 spiro atoms. The molecule has 1 saturated heterocycles. The van der Waals surface area contributed by atoms with Gasteiger partial charge in [-0.2, -0.15) is 0 Å². The maximum atomic E-state index is 11.2. The van der Waals surface area contributed by atoms with Crippen LogP contribution in [0.4, 0.5) is 5.82 Å². The summed E-state index contributed by atoms with van der Waals surface area (Å²) in [4.78, 5) is 17.3. The fraction of sp³-hybridized carbons (Fsp3) is 0.455. The number of nitrogens with two attached hydrogens (primary N) is 1. The molecule has 1 aliphatic heterocycles. The molecule has 3 N–H and O–H groups in total. The maximum absolute atomic E-state index is 11.2. The second kappa shape index (κ2) is 5.01. The molecular weight excluding hydrogens is 286 g/mol. The van der Waals surface area contributed by atoms with Crippen molar-refractivity contribution in [1.82, 2.24) is 4.98 Å². The summed E-state index contributed by atoms with van der Waals surface area (Å²) < 4.78 is 0.667. The summed E-state index contributed by atoms with van der Waals surface area (Å²) in [5.41, 5.74) is 6.11. The highest BCUT2D eigenvalue weighted by atomic mass is 79.9. The molecule has 0 aromatic carbocycles. The van der Waals surface area contributed by atoms with E-state index in [1.165, 1.54) is 0 Å². The third-order valence-corrected chi connectivity index (χ3v) is 3.25. The second-order valence-electron chi connectivity index (χ2n) is 4.18. The number of hydrogen-bond acceptors (Lipinski definition) is 4. The monoisotopic (exact) mass is 299 g/mol. The van der Waals surface area contributed by atoms with Gasteiger partial charge in [0.1, 0.15) is 11.4 Å². The maximum Gasteiger partial charge on any atom is 0.339 e. The highest BCUT2D eigenvalue weighted by molar-refractivity contribution is 9.10. The number of nitrogens with zero attached hydrogens (tertiary/aromatic N) is 2. The minimum Gasteiger partial charge on any atom is -0.478 e. The van der Waals surface area contributed by atoms with Crippen molar-refractivity contribution in [3.63, 3.8) is 0 Å². The first-order chi connectivity index (χ1) is 8.08. The summed E-state index contributed by atoms with van der Waals surface area (Å²) in [5, 5.41) is 9.17. The normalized spacial score (nSPS) is 20.4. The number of hydrogen-bond donors (Lipinski definition) is 2. The molecule has 6 heteroatoms. The van der Waals surface area contributed by atoms with Crippen LogP contribution in [-0.2, 0) is 0 Å². The number of pyridine rings is 1. The van der Waals surface area contributed by atoms with E-state index in [9.17, 15) is 4.79 Å². The van der Waals surface area contributed by atoms with Gasteiger partial charge in [0.15, 0.2) is 0 Å². The van der Waals surface area contributed by atoms with Crippen LogP contribution in [-0.4, -0.2) is 35.2 Å². The molecule has 17 heavy (non-hydrogen) atoms. The molecule has 0 radical (unpaired) electrons. The lowest BCUT2D eigenvalue weighted by Gasteiger charge is -2.32. The standard InChI is InChI=1S/C11H14BrN3O2/c12-7-4-9(11(16)17)10(14-5-7)15-3-1-2-8(13)6-15/h4-5,8H,1-3,6,13H2,(H,16,17). The first kappa shape index (κ1) is 12.3. The fourth-order valence-corrected chi connectivity index (χ4v) is 2.38. The number of aromatic nitrogens is 1. The number of piperidine rings is 1. The topological polar surface area (TPSA) is 79.5 Å². The van der Waals surface area contributed by atoms with Gasteiger partial charge in [0, 0.05) is 29.8 Å². The van der Waals surface area contributed by atoms with E-state index in [1.54, 1.807) is 12.3 Å². The highest BCUT2D eigenvalue weighted by Crippen LogP contribution is 2.24. The number of carbonyl (C=O) groups is 1. The van der Waals surface area contributed by atoms with E-state index in [4.69, 9.17) is 10.8 Å². The lowest BCUT2D eigenvalue weighted by Crippen LogP contribution is -2.43. The smallest absolute Gasteiger partial charge is 0.339 e. The van der Waals surface area contributed by atoms with Gasteiger partial charge in [-0.05, 0) is 34.8 Å². The van der Waals surface area contributed by atoms with E-state index in [-0.39, 0.29) is 11.6 Å². The summed E-state index contributed by atoms with van der Waals surface area (Å²) in [6.45, 7) is 1.47. The van der Waals surface area contributed by atoms with Crippen molar-refractivity contribution in [2.75, 3.05) is 18.0 Å². The molecular formula is C11H14BrN3O2. The van der Waals surface area contributed by atoms with Gasteiger partial charge in [0.25, 0.3) is 0 Å². The third kappa shape index (κ3) is 2.76. The van der Waals surface area contributed by atoms with Crippen molar-refractivity contribution < 1.29 is 9.90 Å². The van der Waals surface area contributed by atoms with Crippen molar-refractivity contribution in [2.45, 2.75) is 18.9 Å². The molecule has 0 bridgehead atoms. The Morgan fingerprint density at radius 3 is 3.06 bits per heavy atom. The summed E-state index contributed by atoms with van der Waals surface area (Å²) in [6, 6.07) is 1.67. The Hall–Kier alpha value is -1.14. The summed E-state index contributed by atoms with van der Waals surface area (Å²) in [6.07, 6.45) is 3.56. The molecule has 1 aliphatic rings. The minimum absolute atomic E-state index is 0.0934. The molecule has 2 heterocycles. The zero-order valence-electron chi connectivity index (χ0n) is 9.27. The Kier molecular flexibility index (Phi) is 3.63. The van der Waals surface area contributed by atoms with Crippen molar-refractivity contribution in [2.24, 2.45) is 5.73 Å². The van der Waals surface area contributed by atoms with Gasteiger partial charge < -0.3 is 15.7 Å². The number of carboxylic acids is 1. The molecule has 0 aliphatic carbocycles. The predicted octanol–water partition coefficient (Wildman–Crippen LogP) is 1.47. The predicted molar refractivity (Wildman–Crippen MR) is 68.3 cm³/mol. The van der Waals surface area contributed by atoms with Crippen molar-refractivity contribution in [1.29, 1.82) is 0 Å². The zero-order valence-corrected chi connectivity index (χ0v) is 10.9. The minimum atomic E-state index is -0.965. The Labute approximate surface area is 108 Å². The molecule has 1 aromatic heterocycles. The first-order valence-corrected chi connectivity index (χ1v) is 6.26. The van der Waals surface area contributed by atoms with Gasteiger partial charge in [-0.15, -0.1) is 0 Å². The van der Waals surface area contributed by atoms with Crippen LogP contribution in [0.3, 0.4) is 0 Å². The lowest BCUT2D eigenvalue weighted by atomic mass is 10.1. The molecule has 2 rings (SSSR count). The van der Waals surface area contributed by atoms with Gasteiger partial charge in [0.2, 0.25) is 0 Å². The molecule has 5 nitrogen and oxygen atoms in total. The number of carboxylic acid groups (broad SMARTS) is 1. The number of halogens is 1. The van der Waals surface area contributed by atoms with E-state index in [0.29, 0.717) is 16.8 Å². The highest BCUT2D eigenvalue weighted by Gasteiger charge is 2.22. The van der Waals surface area contributed by atoms with Gasteiger partial charge in [0.05, 0.1) is 0 Å². The first-order valence-electron chi connectivity index (χ1n) is 5.47. The van der Waals surface area contributed by atoms with Crippen LogP contribution in [0, 0.1) is 0 Å². The van der Waals surface area contributed by atoms with Gasteiger partial charge in [-0.25, -0.2) is 9.78 Å². The molecule has 1 fully saturated rings. The molecule has 0 saturated carbocycles. The zero-order chi connectivity index (χ0) is 12.4. The fourth-order valence-electron chi connectivity index (χ4n) is 2.04. The SMILES string of the molecule is NC1CCCN(c2ncc(Br)cc2C(=O)O)C1. The number of aromatic carboxylic acids is 1. The Bertz CT molecular complexity index is 439. The van der Waals surface area contributed by atoms with E-state index in [1.807, 2.05) is 4.90 Å². The molecule has 1 unspecified atom stereocenters. The number of anilines is 1. The molecule has 92 valence electrons. The van der Waals surface area contributed by atoms with Crippen molar-refractivity contribution in [3.8, 4) is 0 Å². The molecule has 1 atom stereocenters. The number of rotatable bonds is 2. The van der Waals surface area contributed by atoms with Crippen LogP contribution in [0.25, 0.3) is 0 Å². The van der Waals surface area contributed by atoms with Crippen molar-refractivity contribution in [3.05, 3.63) is 22.3 Å². The Morgan fingerprint density at radius 1 is 1.65 bits per heavy atom. The molecule has 0 amide bonds. The van der Waals surface area contributed by atoms with Gasteiger partial charge in [-0.1, -0.05) is 0 Å². The summed E-state index contributed by atoms with van der Waals surface area (Å²) in [5.74, 6) is -0.455. The van der Waals surface area contributed by atoms with Gasteiger partial charge in [-0.3, -0.25) is 0 Å². The van der Waals surface area contributed by atoms with E-state index >= 15 is 0 Å². The average Bonchev–Trinajstić information content (AvgIpc) is 2.28. The van der Waals surface area contributed by atoms with Crippen molar-refractivity contribution >= 4 is 27.7 Å². The lowest BCUT2D eigenvalue weighted by molar-refractivity contribution is 0.0697. The van der Waals surface area contributed by atoms with Crippen LogP contribution in [0.1, 0.15) is 23.2 Å². The van der Waals surface area contributed by atoms with E-state index in [2.05, 4.69) is 20.9 Å². The van der Waals surface area contributed by atoms with Crippen LogP contribution in [0.15, 0.2) is 16.7 Å². The summed E-state index contributed by atoms with van der Waals surface area (Å²) >= 11 is 3.23. The quantitative estimate of drug-likeness (QED) is 0.864. The van der Waals surface area contributed by atoms with Crippen LogP contribution < -0.4 is 10.6 Å². The van der Waals surface area contributed by atoms with E-state index < -0.39 is 5.97 Å².